The molecule has 2 heterocycles. The van der Waals surface area contributed by atoms with Crippen molar-refractivity contribution >= 4 is 6.03 Å². The number of aliphatic hydroxyl groups excluding tert-OH is 1. The predicted octanol–water partition coefficient (Wildman–Crippen LogP) is 3.08. The number of nitrogens with zero attached hydrogens (tertiary/aromatic N) is 1. The lowest BCUT2D eigenvalue weighted by Gasteiger charge is -2.26. The van der Waals surface area contributed by atoms with E-state index in [-0.39, 0.29) is 12.1 Å². The smallest absolute Gasteiger partial charge is 0.318 e. The predicted molar refractivity (Wildman–Crippen MR) is 86.7 cm³/mol. The van der Waals surface area contributed by atoms with Crippen LogP contribution in [-0.2, 0) is 6.54 Å². The average Bonchev–Trinajstić information content (AvgIpc) is 3.25. The molecule has 23 heavy (non-hydrogen) atoms. The monoisotopic (exact) mass is 314 g/mol. The Labute approximate surface area is 135 Å². The van der Waals surface area contributed by atoms with Crippen LogP contribution in [-0.4, -0.2) is 28.6 Å². The zero-order valence-corrected chi connectivity index (χ0v) is 13.0. The van der Waals surface area contributed by atoms with Gasteiger partial charge in [-0.1, -0.05) is 30.3 Å². The third-order valence-electron chi connectivity index (χ3n) is 4.31. The fraction of sp³-hybridized carbons (Fsp3) is 0.389. The Morgan fingerprint density at radius 3 is 2.87 bits per heavy atom. The second-order valence-corrected chi connectivity index (χ2v) is 5.89. The summed E-state index contributed by atoms with van der Waals surface area (Å²) in [5.74, 6) is 0.735. The molecule has 2 amide bonds. The lowest BCUT2D eigenvalue weighted by molar-refractivity contribution is 0.126. The summed E-state index contributed by atoms with van der Waals surface area (Å²) in [6.07, 6.45) is 3.52. The molecule has 2 atom stereocenters. The largest absolute Gasteiger partial charge is 0.467 e. The van der Waals surface area contributed by atoms with Gasteiger partial charge in [-0.25, -0.2) is 4.79 Å². The molecule has 5 heteroatoms. The molecule has 1 aliphatic heterocycles. The van der Waals surface area contributed by atoms with E-state index in [4.69, 9.17) is 4.42 Å². The lowest BCUT2D eigenvalue weighted by atomic mass is 10.0. The van der Waals surface area contributed by atoms with Crippen LogP contribution in [0.4, 0.5) is 4.79 Å². The molecule has 1 saturated heterocycles. The molecule has 1 aromatic heterocycles. The van der Waals surface area contributed by atoms with E-state index >= 15 is 0 Å². The second kappa shape index (κ2) is 7.33. The van der Waals surface area contributed by atoms with Crippen molar-refractivity contribution in [3.63, 3.8) is 0 Å². The molecule has 3 rings (SSSR count). The third-order valence-corrected chi connectivity index (χ3v) is 4.31. The quantitative estimate of drug-likeness (QED) is 0.891. The summed E-state index contributed by atoms with van der Waals surface area (Å²) in [4.78, 5) is 14.2. The Morgan fingerprint density at radius 1 is 1.30 bits per heavy atom. The molecule has 0 radical (unpaired) electrons. The minimum absolute atomic E-state index is 0.0711. The number of aliphatic hydroxyl groups is 1. The molecule has 0 aliphatic carbocycles. The highest BCUT2D eigenvalue weighted by Crippen LogP contribution is 2.27. The first-order chi connectivity index (χ1) is 11.2. The van der Waals surface area contributed by atoms with E-state index in [9.17, 15) is 9.90 Å². The number of hydrogen-bond acceptors (Lipinski definition) is 3. The molecule has 2 aromatic rings. The number of carbonyl (C=O) groups excluding carboxylic acids is 1. The van der Waals surface area contributed by atoms with Crippen molar-refractivity contribution < 1.29 is 14.3 Å². The van der Waals surface area contributed by atoms with E-state index in [1.807, 2.05) is 41.3 Å². The van der Waals surface area contributed by atoms with Gasteiger partial charge in [0, 0.05) is 12.6 Å². The molecule has 5 nitrogen and oxygen atoms in total. The van der Waals surface area contributed by atoms with Crippen LogP contribution >= 0.6 is 0 Å². The second-order valence-electron chi connectivity index (χ2n) is 5.89. The summed E-state index contributed by atoms with van der Waals surface area (Å²) in [6.45, 7) is 1.12. The highest BCUT2D eigenvalue weighted by atomic mass is 16.3. The van der Waals surface area contributed by atoms with Gasteiger partial charge in [0.15, 0.2) is 0 Å². The first kappa shape index (κ1) is 15.6. The number of benzene rings is 1. The van der Waals surface area contributed by atoms with E-state index < -0.39 is 6.10 Å². The van der Waals surface area contributed by atoms with Gasteiger partial charge in [-0.05, 0) is 37.0 Å². The van der Waals surface area contributed by atoms with Crippen molar-refractivity contribution in [2.45, 2.75) is 38.0 Å². The number of furan rings is 1. The van der Waals surface area contributed by atoms with E-state index in [0.29, 0.717) is 13.0 Å². The van der Waals surface area contributed by atoms with Gasteiger partial charge in [0.2, 0.25) is 0 Å². The van der Waals surface area contributed by atoms with E-state index in [1.54, 1.807) is 12.3 Å². The molecule has 0 unspecified atom stereocenters. The molecule has 2 N–H and O–H groups in total. The maximum atomic E-state index is 12.4. The number of nitrogens with one attached hydrogen (secondary N) is 1. The highest BCUT2D eigenvalue weighted by Gasteiger charge is 2.30. The minimum Gasteiger partial charge on any atom is -0.467 e. The minimum atomic E-state index is -0.542. The van der Waals surface area contributed by atoms with Crippen LogP contribution in [0.3, 0.4) is 0 Å². The van der Waals surface area contributed by atoms with E-state index in [1.165, 1.54) is 0 Å². The topological polar surface area (TPSA) is 65.7 Å². The van der Waals surface area contributed by atoms with Crippen LogP contribution in [0.1, 0.15) is 36.7 Å². The van der Waals surface area contributed by atoms with E-state index in [2.05, 4.69) is 5.32 Å². The van der Waals surface area contributed by atoms with Gasteiger partial charge in [-0.3, -0.25) is 0 Å². The van der Waals surface area contributed by atoms with Crippen molar-refractivity contribution in [3.05, 3.63) is 60.1 Å². The zero-order chi connectivity index (χ0) is 16.1. The van der Waals surface area contributed by atoms with Gasteiger partial charge < -0.3 is 19.7 Å². The Kier molecular flexibility index (Phi) is 4.98. The average molecular weight is 314 g/mol. The standard InChI is InChI=1S/C18H22N2O3/c21-17(14-6-2-1-3-7-14)12-15-8-4-10-20(15)18(22)19-13-16-9-5-11-23-16/h1-3,5-7,9,11,15,17,21H,4,8,10,12-13H2,(H,19,22)/t15-,17-/m1/s1. The Balaban J connectivity index is 1.55. The van der Waals surface area contributed by atoms with Gasteiger partial charge >= 0.3 is 6.03 Å². The fourth-order valence-electron chi connectivity index (χ4n) is 3.09. The van der Waals surface area contributed by atoms with Crippen molar-refractivity contribution in [3.8, 4) is 0 Å². The van der Waals surface area contributed by atoms with Crippen LogP contribution in [0.5, 0.6) is 0 Å². The Hall–Kier alpha value is -2.27. The first-order valence-electron chi connectivity index (χ1n) is 8.04. The Morgan fingerprint density at radius 2 is 2.13 bits per heavy atom. The number of rotatable bonds is 5. The van der Waals surface area contributed by atoms with Crippen LogP contribution < -0.4 is 5.32 Å². The van der Waals surface area contributed by atoms with Crippen LogP contribution in [0, 0.1) is 0 Å². The van der Waals surface area contributed by atoms with Crippen molar-refractivity contribution in [1.29, 1.82) is 0 Å². The van der Waals surface area contributed by atoms with Crippen LogP contribution in [0.2, 0.25) is 0 Å². The SMILES string of the molecule is O=C(NCc1ccco1)N1CCC[C@@H]1C[C@@H](O)c1ccccc1. The summed E-state index contributed by atoms with van der Waals surface area (Å²) < 4.78 is 5.22. The molecule has 122 valence electrons. The van der Waals surface area contributed by atoms with Crippen LogP contribution in [0.15, 0.2) is 53.1 Å². The molecule has 0 spiro atoms. The summed E-state index contributed by atoms with van der Waals surface area (Å²) in [5.41, 5.74) is 0.898. The number of urea groups is 1. The number of amides is 2. The molecular weight excluding hydrogens is 292 g/mol. The number of likely N-dealkylation sites (tertiary alicyclic amines) is 1. The van der Waals surface area contributed by atoms with Gasteiger partial charge in [0.1, 0.15) is 5.76 Å². The molecule has 1 aliphatic rings. The van der Waals surface area contributed by atoms with Crippen molar-refractivity contribution in [1.82, 2.24) is 10.2 Å². The molecule has 0 saturated carbocycles. The molecular formula is C18H22N2O3. The van der Waals surface area contributed by atoms with E-state index in [0.717, 1.165) is 30.7 Å². The van der Waals surface area contributed by atoms with Crippen molar-refractivity contribution in [2.75, 3.05) is 6.54 Å². The summed E-state index contributed by atoms with van der Waals surface area (Å²) in [6, 6.07) is 13.2. The lowest BCUT2D eigenvalue weighted by Crippen LogP contribution is -2.43. The zero-order valence-electron chi connectivity index (χ0n) is 13.0. The van der Waals surface area contributed by atoms with Gasteiger partial charge in [-0.2, -0.15) is 0 Å². The van der Waals surface area contributed by atoms with Gasteiger partial charge in [0.25, 0.3) is 0 Å². The van der Waals surface area contributed by atoms with Crippen LogP contribution in [0.25, 0.3) is 0 Å². The summed E-state index contributed by atoms with van der Waals surface area (Å²) in [5, 5.41) is 13.3. The van der Waals surface area contributed by atoms with Gasteiger partial charge in [-0.15, -0.1) is 0 Å². The maximum absolute atomic E-state index is 12.4. The molecule has 1 aromatic carbocycles. The first-order valence-corrected chi connectivity index (χ1v) is 8.04. The Bertz CT molecular complexity index is 612. The summed E-state index contributed by atoms with van der Waals surface area (Å²) >= 11 is 0. The molecule has 1 fully saturated rings. The molecule has 0 bridgehead atoms. The number of carbonyl (C=O) groups is 1. The number of hydrogen-bond donors (Lipinski definition) is 2. The summed E-state index contributed by atoms with van der Waals surface area (Å²) in [7, 11) is 0. The normalized spacial score (nSPS) is 18.8. The van der Waals surface area contributed by atoms with Gasteiger partial charge in [0.05, 0.1) is 18.9 Å². The van der Waals surface area contributed by atoms with Crippen molar-refractivity contribution in [2.24, 2.45) is 0 Å². The highest BCUT2D eigenvalue weighted by molar-refractivity contribution is 5.74. The fourth-order valence-corrected chi connectivity index (χ4v) is 3.09. The third kappa shape index (κ3) is 3.93. The maximum Gasteiger partial charge on any atom is 0.318 e.